The van der Waals surface area contributed by atoms with Crippen LogP contribution >= 0.6 is 11.8 Å². The number of carbonyl (C=O) groups excluding carboxylic acids is 1. The minimum absolute atomic E-state index is 0.200. The van der Waals surface area contributed by atoms with E-state index in [0.29, 0.717) is 17.5 Å². The summed E-state index contributed by atoms with van der Waals surface area (Å²) in [6.07, 6.45) is 4.52. The minimum Gasteiger partial charge on any atom is -0.480 e. The molecule has 0 aromatic carbocycles. The van der Waals surface area contributed by atoms with Crippen molar-refractivity contribution in [3.63, 3.8) is 0 Å². The van der Waals surface area contributed by atoms with Crippen LogP contribution in [-0.2, 0) is 4.79 Å². The lowest BCUT2D eigenvalue weighted by atomic mass is 9.86. The van der Waals surface area contributed by atoms with Gasteiger partial charge in [0.25, 0.3) is 0 Å². The Balaban J connectivity index is 1.92. The van der Waals surface area contributed by atoms with Gasteiger partial charge in [-0.1, -0.05) is 19.8 Å². The molecule has 2 aliphatic rings. The molecule has 1 heterocycles. The lowest BCUT2D eigenvalue weighted by Gasteiger charge is -2.31. The van der Waals surface area contributed by atoms with Gasteiger partial charge in [0.05, 0.1) is 5.88 Å². The Labute approximate surface area is 111 Å². The highest BCUT2D eigenvalue weighted by atomic mass is 32.2. The van der Waals surface area contributed by atoms with Crippen molar-refractivity contribution >= 4 is 23.8 Å². The first-order chi connectivity index (χ1) is 8.59. The zero-order valence-electron chi connectivity index (χ0n) is 10.6. The van der Waals surface area contributed by atoms with Crippen molar-refractivity contribution in [1.29, 1.82) is 0 Å². The van der Waals surface area contributed by atoms with E-state index in [0.717, 1.165) is 19.3 Å². The van der Waals surface area contributed by atoms with Crippen LogP contribution in [0.5, 0.6) is 0 Å². The van der Waals surface area contributed by atoms with Gasteiger partial charge in [-0.3, -0.25) is 0 Å². The van der Waals surface area contributed by atoms with E-state index >= 15 is 0 Å². The van der Waals surface area contributed by atoms with Crippen molar-refractivity contribution in [2.45, 2.75) is 44.7 Å². The number of urea groups is 1. The van der Waals surface area contributed by atoms with Gasteiger partial charge < -0.3 is 15.3 Å². The fourth-order valence-corrected chi connectivity index (χ4v) is 3.76. The maximum absolute atomic E-state index is 12.1. The topological polar surface area (TPSA) is 69.6 Å². The summed E-state index contributed by atoms with van der Waals surface area (Å²) in [5, 5.41) is 12.1. The van der Waals surface area contributed by atoms with Crippen molar-refractivity contribution in [3.05, 3.63) is 0 Å². The highest BCUT2D eigenvalue weighted by Crippen LogP contribution is 2.25. The lowest BCUT2D eigenvalue weighted by molar-refractivity contribution is -0.140. The molecule has 1 saturated carbocycles. The SMILES string of the molecule is CC1CCCCC1NC(=O)N1CSCC1C(=O)O. The number of carboxylic acid groups (broad SMARTS) is 1. The normalized spacial score (nSPS) is 32.3. The first kappa shape index (κ1) is 13.5. The first-order valence-corrected chi connectivity index (χ1v) is 7.62. The second-order valence-corrected chi connectivity index (χ2v) is 6.14. The number of hydrogen-bond acceptors (Lipinski definition) is 3. The highest BCUT2D eigenvalue weighted by molar-refractivity contribution is 7.99. The Hall–Kier alpha value is -0.910. The second kappa shape index (κ2) is 5.82. The van der Waals surface area contributed by atoms with E-state index in [1.54, 1.807) is 0 Å². The molecule has 3 unspecified atom stereocenters. The number of carbonyl (C=O) groups is 2. The predicted molar refractivity (Wildman–Crippen MR) is 70.5 cm³/mol. The van der Waals surface area contributed by atoms with E-state index in [1.165, 1.54) is 23.1 Å². The largest absolute Gasteiger partial charge is 0.480 e. The number of nitrogens with zero attached hydrogens (tertiary/aromatic N) is 1. The summed E-state index contributed by atoms with van der Waals surface area (Å²) >= 11 is 1.49. The van der Waals surface area contributed by atoms with Crippen LogP contribution in [0.25, 0.3) is 0 Å². The van der Waals surface area contributed by atoms with Crippen molar-refractivity contribution in [2.24, 2.45) is 5.92 Å². The predicted octanol–water partition coefficient (Wildman–Crippen LogP) is 1.73. The molecular formula is C12H20N2O3S. The third kappa shape index (κ3) is 2.91. The smallest absolute Gasteiger partial charge is 0.327 e. The maximum atomic E-state index is 12.1. The van der Waals surface area contributed by atoms with Crippen molar-refractivity contribution < 1.29 is 14.7 Å². The average molecular weight is 272 g/mol. The zero-order valence-corrected chi connectivity index (χ0v) is 11.4. The third-order valence-electron chi connectivity index (χ3n) is 3.85. The fraction of sp³-hybridized carbons (Fsp3) is 0.833. The Morgan fingerprint density at radius 1 is 1.33 bits per heavy atom. The van der Waals surface area contributed by atoms with Crippen molar-refractivity contribution in [3.8, 4) is 0 Å². The number of hydrogen-bond donors (Lipinski definition) is 2. The van der Waals surface area contributed by atoms with E-state index < -0.39 is 12.0 Å². The first-order valence-electron chi connectivity index (χ1n) is 6.47. The van der Waals surface area contributed by atoms with Crippen LogP contribution in [0, 0.1) is 5.92 Å². The molecule has 0 radical (unpaired) electrons. The van der Waals surface area contributed by atoms with Gasteiger partial charge in [-0.25, -0.2) is 9.59 Å². The highest BCUT2D eigenvalue weighted by Gasteiger charge is 2.36. The van der Waals surface area contributed by atoms with E-state index in [-0.39, 0.29) is 12.1 Å². The molecule has 1 aliphatic carbocycles. The maximum Gasteiger partial charge on any atom is 0.327 e. The number of aliphatic carboxylic acids is 1. The molecule has 3 atom stereocenters. The molecule has 6 heteroatoms. The van der Waals surface area contributed by atoms with E-state index in [4.69, 9.17) is 5.11 Å². The summed E-state index contributed by atoms with van der Waals surface area (Å²) in [6, 6.07) is -0.689. The molecule has 2 N–H and O–H groups in total. The van der Waals surface area contributed by atoms with Crippen LogP contribution < -0.4 is 5.32 Å². The van der Waals surface area contributed by atoms with Crippen LogP contribution in [0.1, 0.15) is 32.6 Å². The summed E-state index contributed by atoms with van der Waals surface area (Å²) < 4.78 is 0. The quantitative estimate of drug-likeness (QED) is 0.803. The summed E-state index contributed by atoms with van der Waals surface area (Å²) in [5.74, 6) is 0.542. The number of carboxylic acids is 1. The molecule has 2 fully saturated rings. The number of amides is 2. The molecule has 5 nitrogen and oxygen atoms in total. The van der Waals surface area contributed by atoms with Crippen LogP contribution in [0.15, 0.2) is 0 Å². The standard InChI is InChI=1S/C12H20N2O3S/c1-8-4-2-3-5-9(8)13-12(17)14-7-18-6-10(14)11(15)16/h8-10H,2-7H2,1H3,(H,13,17)(H,15,16). The van der Waals surface area contributed by atoms with Gasteiger partial charge in [-0.05, 0) is 18.8 Å². The van der Waals surface area contributed by atoms with Crippen LogP contribution in [-0.4, -0.2) is 45.7 Å². The Kier molecular flexibility index (Phi) is 4.37. The summed E-state index contributed by atoms with van der Waals surface area (Å²) in [7, 11) is 0. The van der Waals surface area contributed by atoms with E-state index in [9.17, 15) is 9.59 Å². The minimum atomic E-state index is -0.910. The van der Waals surface area contributed by atoms with Gasteiger partial charge in [0.1, 0.15) is 6.04 Å². The molecule has 0 aromatic heterocycles. The van der Waals surface area contributed by atoms with E-state index in [2.05, 4.69) is 12.2 Å². The third-order valence-corrected chi connectivity index (χ3v) is 4.86. The summed E-state index contributed by atoms with van der Waals surface area (Å²) in [4.78, 5) is 24.6. The molecular weight excluding hydrogens is 252 g/mol. The molecule has 102 valence electrons. The van der Waals surface area contributed by atoms with Gasteiger partial charge >= 0.3 is 12.0 Å². The van der Waals surface area contributed by atoms with Crippen LogP contribution in [0.2, 0.25) is 0 Å². The molecule has 18 heavy (non-hydrogen) atoms. The number of nitrogens with one attached hydrogen (secondary N) is 1. The van der Waals surface area contributed by atoms with Crippen LogP contribution in [0.3, 0.4) is 0 Å². The van der Waals surface area contributed by atoms with Crippen molar-refractivity contribution in [2.75, 3.05) is 11.6 Å². The second-order valence-electron chi connectivity index (χ2n) is 5.14. The molecule has 1 aliphatic heterocycles. The number of thioether (sulfide) groups is 1. The fourth-order valence-electron chi connectivity index (χ4n) is 2.62. The van der Waals surface area contributed by atoms with Gasteiger partial charge in [0.2, 0.25) is 0 Å². The van der Waals surface area contributed by atoms with Crippen molar-refractivity contribution in [1.82, 2.24) is 10.2 Å². The molecule has 0 bridgehead atoms. The average Bonchev–Trinajstić information content (AvgIpc) is 2.81. The van der Waals surface area contributed by atoms with E-state index in [1.807, 2.05) is 0 Å². The molecule has 2 amide bonds. The van der Waals surface area contributed by atoms with Gasteiger partial charge in [0, 0.05) is 11.8 Å². The molecule has 2 rings (SSSR count). The van der Waals surface area contributed by atoms with Gasteiger partial charge in [0.15, 0.2) is 0 Å². The van der Waals surface area contributed by atoms with Gasteiger partial charge in [-0.15, -0.1) is 11.8 Å². The Morgan fingerprint density at radius 3 is 2.72 bits per heavy atom. The Morgan fingerprint density at radius 2 is 2.06 bits per heavy atom. The molecule has 0 spiro atoms. The molecule has 0 aromatic rings. The van der Waals surface area contributed by atoms with Gasteiger partial charge in [-0.2, -0.15) is 0 Å². The zero-order chi connectivity index (χ0) is 13.1. The van der Waals surface area contributed by atoms with Crippen LogP contribution in [0.4, 0.5) is 4.79 Å². The summed E-state index contributed by atoms with van der Waals surface area (Å²) in [5.41, 5.74) is 0. The Bertz CT molecular complexity index is 337. The summed E-state index contributed by atoms with van der Waals surface area (Å²) in [6.45, 7) is 2.15. The monoisotopic (exact) mass is 272 g/mol. The number of rotatable bonds is 2. The molecule has 1 saturated heterocycles. The lowest BCUT2D eigenvalue weighted by Crippen LogP contribution is -2.51.